The Bertz CT molecular complexity index is 1320. The summed E-state index contributed by atoms with van der Waals surface area (Å²) in [6.45, 7) is 14.3. The van der Waals surface area contributed by atoms with Crippen LogP contribution in [0.15, 0.2) is 36.8 Å². The molecule has 1 aliphatic rings. The standard InChI is InChI=1S/C27H35N5O2/c1-17(2)24-21-12-19(23-14-31(9-10-33-6)27(4,5)15-34-23)7-8-22(21)30-25(24)20-11-18(3)26-28-16-29-32(26)13-20/h7-8,11-13,16-17,23,30H,9-10,14-15H2,1-6H3. The van der Waals surface area contributed by atoms with Crippen molar-refractivity contribution in [2.24, 2.45) is 0 Å². The molecule has 7 heteroatoms. The summed E-state index contributed by atoms with van der Waals surface area (Å²) in [5, 5.41) is 5.63. The highest BCUT2D eigenvalue weighted by Crippen LogP contribution is 2.38. The SMILES string of the molecule is COCCN1CC(c2ccc3[nH]c(-c4cc(C)c5ncnn5c4)c(C(C)C)c3c2)OCC1(C)C. The maximum Gasteiger partial charge on any atom is 0.158 e. The van der Waals surface area contributed by atoms with Gasteiger partial charge in [0.2, 0.25) is 0 Å². The van der Waals surface area contributed by atoms with Crippen LogP contribution in [0.4, 0.5) is 0 Å². The molecule has 5 rings (SSSR count). The molecule has 0 spiro atoms. The van der Waals surface area contributed by atoms with Crippen LogP contribution in [0.3, 0.4) is 0 Å². The van der Waals surface area contributed by atoms with Crippen molar-refractivity contribution in [3.63, 3.8) is 0 Å². The van der Waals surface area contributed by atoms with Crippen LogP contribution in [0.2, 0.25) is 0 Å². The van der Waals surface area contributed by atoms with E-state index in [2.05, 4.69) is 85.0 Å². The fraction of sp³-hybridized carbons (Fsp3) is 0.481. The number of morpholine rings is 1. The van der Waals surface area contributed by atoms with E-state index in [1.54, 1.807) is 13.4 Å². The van der Waals surface area contributed by atoms with E-state index in [1.807, 2.05) is 4.52 Å². The summed E-state index contributed by atoms with van der Waals surface area (Å²) in [4.78, 5) is 10.5. The van der Waals surface area contributed by atoms with Crippen molar-refractivity contribution >= 4 is 16.6 Å². The van der Waals surface area contributed by atoms with Gasteiger partial charge in [-0.2, -0.15) is 5.10 Å². The maximum absolute atomic E-state index is 6.37. The Kier molecular flexibility index (Phi) is 5.96. The van der Waals surface area contributed by atoms with Gasteiger partial charge in [0.15, 0.2) is 5.65 Å². The number of aromatic nitrogens is 4. The van der Waals surface area contributed by atoms with Gasteiger partial charge in [0.1, 0.15) is 6.33 Å². The Morgan fingerprint density at radius 3 is 2.85 bits per heavy atom. The highest BCUT2D eigenvalue weighted by Gasteiger charge is 2.35. The van der Waals surface area contributed by atoms with Gasteiger partial charge in [0, 0.05) is 48.4 Å². The number of methoxy groups -OCH3 is 1. The second-order valence-electron chi connectivity index (χ2n) is 10.4. The molecule has 1 saturated heterocycles. The van der Waals surface area contributed by atoms with Gasteiger partial charge in [0.05, 0.1) is 25.0 Å². The normalized spacial score (nSPS) is 19.0. The molecular formula is C27H35N5O2. The monoisotopic (exact) mass is 461 g/mol. The molecule has 1 N–H and O–H groups in total. The molecule has 0 radical (unpaired) electrons. The molecule has 1 unspecified atom stereocenters. The summed E-state index contributed by atoms with van der Waals surface area (Å²) < 4.78 is 13.6. The Morgan fingerprint density at radius 2 is 2.09 bits per heavy atom. The first-order valence-electron chi connectivity index (χ1n) is 12.1. The van der Waals surface area contributed by atoms with E-state index in [-0.39, 0.29) is 11.6 Å². The lowest BCUT2D eigenvalue weighted by Gasteiger charge is -2.45. The quantitative estimate of drug-likeness (QED) is 0.432. The fourth-order valence-electron chi connectivity index (χ4n) is 5.18. The van der Waals surface area contributed by atoms with E-state index in [0.717, 1.165) is 47.7 Å². The van der Waals surface area contributed by atoms with Crippen molar-refractivity contribution in [2.45, 2.75) is 52.2 Å². The third kappa shape index (κ3) is 4.02. The first-order valence-corrected chi connectivity index (χ1v) is 12.1. The summed E-state index contributed by atoms with van der Waals surface area (Å²) >= 11 is 0. The maximum atomic E-state index is 6.37. The van der Waals surface area contributed by atoms with Crippen LogP contribution in [-0.2, 0) is 9.47 Å². The molecule has 0 saturated carbocycles. The lowest BCUT2D eigenvalue weighted by Crippen LogP contribution is -2.54. The number of H-pyrrole nitrogens is 1. The predicted octanol–water partition coefficient (Wildman–Crippen LogP) is 5.11. The molecule has 1 aliphatic heterocycles. The zero-order valence-corrected chi connectivity index (χ0v) is 21.1. The minimum Gasteiger partial charge on any atom is -0.383 e. The molecule has 0 aliphatic carbocycles. The van der Waals surface area contributed by atoms with E-state index in [9.17, 15) is 0 Å². The summed E-state index contributed by atoms with van der Waals surface area (Å²) in [5.41, 5.74) is 7.96. The molecule has 3 aromatic heterocycles. The largest absolute Gasteiger partial charge is 0.383 e. The van der Waals surface area contributed by atoms with Crippen LogP contribution >= 0.6 is 0 Å². The van der Waals surface area contributed by atoms with E-state index >= 15 is 0 Å². The fourth-order valence-corrected chi connectivity index (χ4v) is 5.18. The van der Waals surface area contributed by atoms with Gasteiger partial charge in [-0.25, -0.2) is 9.50 Å². The zero-order chi connectivity index (χ0) is 24.0. The van der Waals surface area contributed by atoms with Crippen LogP contribution in [0.5, 0.6) is 0 Å². The van der Waals surface area contributed by atoms with Gasteiger partial charge in [0.25, 0.3) is 0 Å². The van der Waals surface area contributed by atoms with E-state index in [0.29, 0.717) is 12.5 Å². The summed E-state index contributed by atoms with van der Waals surface area (Å²) in [6, 6.07) is 8.92. The van der Waals surface area contributed by atoms with Crippen LogP contribution in [0, 0.1) is 6.92 Å². The van der Waals surface area contributed by atoms with Crippen molar-refractivity contribution in [1.29, 1.82) is 0 Å². The smallest absolute Gasteiger partial charge is 0.158 e. The third-order valence-corrected chi connectivity index (χ3v) is 7.11. The summed E-state index contributed by atoms with van der Waals surface area (Å²) in [7, 11) is 1.76. The second-order valence-corrected chi connectivity index (χ2v) is 10.4. The van der Waals surface area contributed by atoms with E-state index < -0.39 is 0 Å². The highest BCUT2D eigenvalue weighted by atomic mass is 16.5. The molecule has 4 aromatic rings. The number of fused-ring (bicyclic) bond motifs is 2. The van der Waals surface area contributed by atoms with Gasteiger partial charge in [-0.15, -0.1) is 0 Å². The van der Waals surface area contributed by atoms with Crippen LogP contribution in [0.25, 0.3) is 27.8 Å². The number of rotatable bonds is 6. The molecule has 0 amide bonds. The minimum atomic E-state index is 0.00133. The molecule has 4 heterocycles. The lowest BCUT2D eigenvalue weighted by molar-refractivity contribution is -0.105. The van der Waals surface area contributed by atoms with E-state index in [1.165, 1.54) is 16.5 Å². The van der Waals surface area contributed by atoms with Gasteiger partial charge >= 0.3 is 0 Å². The topological polar surface area (TPSA) is 67.7 Å². The Hall–Kier alpha value is -2.74. The molecule has 1 aromatic carbocycles. The first-order chi connectivity index (χ1) is 16.3. The number of aryl methyl sites for hydroxylation is 1. The Balaban J connectivity index is 1.55. The minimum absolute atomic E-state index is 0.00133. The van der Waals surface area contributed by atoms with Crippen molar-refractivity contribution in [1.82, 2.24) is 24.5 Å². The van der Waals surface area contributed by atoms with Crippen molar-refractivity contribution in [3.05, 3.63) is 53.5 Å². The number of nitrogens with one attached hydrogen (secondary N) is 1. The van der Waals surface area contributed by atoms with Crippen molar-refractivity contribution in [2.75, 3.05) is 33.4 Å². The molecule has 1 atom stereocenters. The summed E-state index contributed by atoms with van der Waals surface area (Å²) in [6.07, 6.45) is 3.71. The number of benzene rings is 1. The molecule has 1 fully saturated rings. The Morgan fingerprint density at radius 1 is 1.26 bits per heavy atom. The van der Waals surface area contributed by atoms with Crippen LogP contribution < -0.4 is 0 Å². The highest BCUT2D eigenvalue weighted by molar-refractivity contribution is 5.92. The van der Waals surface area contributed by atoms with Crippen LogP contribution in [-0.4, -0.2) is 63.4 Å². The number of aromatic amines is 1. The van der Waals surface area contributed by atoms with Crippen molar-refractivity contribution in [3.8, 4) is 11.3 Å². The number of hydrogen-bond acceptors (Lipinski definition) is 5. The van der Waals surface area contributed by atoms with Crippen LogP contribution in [0.1, 0.15) is 56.4 Å². The average Bonchev–Trinajstić information content (AvgIpc) is 3.42. The van der Waals surface area contributed by atoms with E-state index in [4.69, 9.17) is 9.47 Å². The van der Waals surface area contributed by atoms with Gasteiger partial charge in [-0.1, -0.05) is 19.9 Å². The zero-order valence-electron chi connectivity index (χ0n) is 21.1. The second kappa shape index (κ2) is 8.80. The molecule has 0 bridgehead atoms. The summed E-state index contributed by atoms with van der Waals surface area (Å²) in [5.74, 6) is 0.357. The molecular weight excluding hydrogens is 426 g/mol. The average molecular weight is 462 g/mol. The Labute approximate surface area is 201 Å². The number of pyridine rings is 1. The van der Waals surface area contributed by atoms with Gasteiger partial charge < -0.3 is 14.5 Å². The van der Waals surface area contributed by atoms with Crippen molar-refractivity contribution < 1.29 is 9.47 Å². The molecule has 7 nitrogen and oxygen atoms in total. The van der Waals surface area contributed by atoms with Gasteiger partial charge in [-0.05, 0) is 61.6 Å². The number of ether oxygens (including phenoxy) is 2. The molecule has 180 valence electrons. The molecule has 34 heavy (non-hydrogen) atoms. The van der Waals surface area contributed by atoms with Gasteiger partial charge in [-0.3, -0.25) is 4.90 Å². The number of nitrogens with zero attached hydrogens (tertiary/aromatic N) is 4. The lowest BCUT2D eigenvalue weighted by atomic mass is 9.93. The number of hydrogen-bond donors (Lipinski definition) is 1. The third-order valence-electron chi connectivity index (χ3n) is 7.11. The first kappa shape index (κ1) is 23.0. The predicted molar refractivity (Wildman–Crippen MR) is 135 cm³/mol.